The van der Waals surface area contributed by atoms with Crippen molar-refractivity contribution in [1.29, 1.82) is 0 Å². The molecule has 3 heterocycles. The molecule has 0 aliphatic heterocycles. The van der Waals surface area contributed by atoms with E-state index in [-0.39, 0.29) is 0 Å². The van der Waals surface area contributed by atoms with E-state index >= 15 is 0 Å². The number of carbonyl (C=O) groups is 1. The number of nitrogens with zero attached hydrogens (tertiary/aromatic N) is 2. The molecule has 90 valence electrons. The third-order valence-corrected chi connectivity index (χ3v) is 3.41. The number of hydrogen-bond acceptors (Lipinski definition) is 5. The molecular weight excluding hydrogens is 250 g/mol. The van der Waals surface area contributed by atoms with Gasteiger partial charge in [0.25, 0.3) is 0 Å². The molecule has 0 spiro atoms. The SMILES string of the molecule is COC(=O)c1cnc(-c2cnc3ccsc3c2)[nH]1. The van der Waals surface area contributed by atoms with E-state index in [1.165, 1.54) is 13.3 Å². The molecule has 6 heteroatoms. The summed E-state index contributed by atoms with van der Waals surface area (Å²) in [4.78, 5) is 22.7. The molecule has 0 aromatic carbocycles. The first-order chi connectivity index (χ1) is 8.78. The third-order valence-electron chi connectivity index (χ3n) is 2.56. The Hall–Kier alpha value is -2.21. The first-order valence-electron chi connectivity index (χ1n) is 5.25. The summed E-state index contributed by atoms with van der Waals surface area (Å²) < 4.78 is 5.71. The van der Waals surface area contributed by atoms with Crippen LogP contribution in [0.1, 0.15) is 10.5 Å². The number of fused-ring (bicyclic) bond motifs is 1. The number of carbonyl (C=O) groups excluding carboxylic acids is 1. The number of rotatable bonds is 2. The van der Waals surface area contributed by atoms with Crippen LogP contribution in [0.2, 0.25) is 0 Å². The maximum atomic E-state index is 11.3. The average molecular weight is 259 g/mol. The molecule has 0 radical (unpaired) electrons. The lowest BCUT2D eigenvalue weighted by Crippen LogP contribution is -2.00. The Balaban J connectivity index is 2.03. The average Bonchev–Trinajstić information content (AvgIpc) is 3.05. The minimum atomic E-state index is -0.432. The van der Waals surface area contributed by atoms with Crippen LogP contribution in [0.25, 0.3) is 21.6 Å². The maximum Gasteiger partial charge on any atom is 0.356 e. The summed E-state index contributed by atoms with van der Waals surface area (Å²) in [6.07, 6.45) is 3.19. The van der Waals surface area contributed by atoms with Gasteiger partial charge < -0.3 is 9.72 Å². The summed E-state index contributed by atoms with van der Waals surface area (Å²) >= 11 is 1.62. The van der Waals surface area contributed by atoms with E-state index < -0.39 is 5.97 Å². The second-order valence-corrected chi connectivity index (χ2v) is 4.61. The van der Waals surface area contributed by atoms with Gasteiger partial charge in [-0.1, -0.05) is 0 Å². The fraction of sp³-hybridized carbons (Fsp3) is 0.0833. The Morgan fingerprint density at radius 3 is 3.11 bits per heavy atom. The van der Waals surface area contributed by atoms with Gasteiger partial charge in [0.1, 0.15) is 11.5 Å². The fourth-order valence-corrected chi connectivity index (χ4v) is 2.44. The maximum absolute atomic E-state index is 11.3. The fourth-order valence-electron chi connectivity index (χ4n) is 1.66. The Kier molecular flexibility index (Phi) is 2.56. The second-order valence-electron chi connectivity index (χ2n) is 3.67. The molecule has 0 fully saturated rings. The molecular formula is C12H9N3O2S. The molecule has 1 N–H and O–H groups in total. The predicted octanol–water partition coefficient (Wildman–Crippen LogP) is 2.47. The number of esters is 1. The number of aromatic nitrogens is 3. The predicted molar refractivity (Wildman–Crippen MR) is 68.5 cm³/mol. The van der Waals surface area contributed by atoms with Crippen molar-refractivity contribution in [2.45, 2.75) is 0 Å². The van der Waals surface area contributed by atoms with Crippen LogP contribution in [0.15, 0.2) is 29.9 Å². The van der Waals surface area contributed by atoms with E-state index in [1.807, 2.05) is 17.5 Å². The smallest absolute Gasteiger partial charge is 0.356 e. The molecule has 18 heavy (non-hydrogen) atoms. The molecule has 0 saturated carbocycles. The molecule has 0 unspecified atom stereocenters. The van der Waals surface area contributed by atoms with Crippen LogP contribution >= 0.6 is 11.3 Å². The van der Waals surface area contributed by atoms with Gasteiger partial charge in [-0.3, -0.25) is 4.98 Å². The molecule has 0 amide bonds. The highest BCUT2D eigenvalue weighted by Crippen LogP contribution is 2.24. The van der Waals surface area contributed by atoms with Gasteiger partial charge in [-0.15, -0.1) is 11.3 Å². The number of ether oxygens (including phenoxy) is 1. The number of hydrogen-bond donors (Lipinski definition) is 1. The van der Waals surface area contributed by atoms with Gasteiger partial charge in [0.15, 0.2) is 0 Å². The minimum Gasteiger partial charge on any atom is -0.464 e. The van der Waals surface area contributed by atoms with Crippen molar-refractivity contribution in [2.24, 2.45) is 0 Å². The van der Waals surface area contributed by atoms with Crippen LogP contribution < -0.4 is 0 Å². The van der Waals surface area contributed by atoms with Crippen LogP contribution in [-0.4, -0.2) is 28.0 Å². The van der Waals surface area contributed by atoms with Gasteiger partial charge in [0, 0.05) is 11.8 Å². The number of imidazole rings is 1. The summed E-state index contributed by atoms with van der Waals surface area (Å²) in [5.74, 6) is 0.178. The molecule has 0 bridgehead atoms. The molecule has 3 aromatic rings. The summed E-state index contributed by atoms with van der Waals surface area (Å²) in [7, 11) is 1.34. The van der Waals surface area contributed by atoms with Crippen LogP contribution in [0.3, 0.4) is 0 Å². The van der Waals surface area contributed by atoms with E-state index in [4.69, 9.17) is 0 Å². The lowest BCUT2D eigenvalue weighted by molar-refractivity contribution is 0.0595. The van der Waals surface area contributed by atoms with E-state index in [9.17, 15) is 4.79 Å². The van der Waals surface area contributed by atoms with Crippen LogP contribution in [0, 0.1) is 0 Å². The van der Waals surface area contributed by atoms with Gasteiger partial charge in [-0.05, 0) is 17.5 Å². The van der Waals surface area contributed by atoms with Crippen molar-refractivity contribution in [3.63, 3.8) is 0 Å². The van der Waals surface area contributed by atoms with Crippen molar-refractivity contribution in [1.82, 2.24) is 15.0 Å². The monoisotopic (exact) mass is 259 g/mol. The van der Waals surface area contributed by atoms with E-state index in [2.05, 4.69) is 19.7 Å². The van der Waals surface area contributed by atoms with Crippen LogP contribution in [-0.2, 0) is 4.74 Å². The largest absolute Gasteiger partial charge is 0.464 e. The molecule has 5 nitrogen and oxygen atoms in total. The minimum absolute atomic E-state index is 0.332. The Morgan fingerprint density at radius 1 is 1.39 bits per heavy atom. The number of methoxy groups -OCH3 is 1. The zero-order chi connectivity index (χ0) is 12.5. The zero-order valence-corrected chi connectivity index (χ0v) is 10.3. The highest BCUT2D eigenvalue weighted by molar-refractivity contribution is 7.17. The van der Waals surface area contributed by atoms with Crippen LogP contribution in [0.4, 0.5) is 0 Å². The summed E-state index contributed by atoms with van der Waals surface area (Å²) in [5, 5.41) is 1.99. The first-order valence-corrected chi connectivity index (χ1v) is 6.13. The standard InChI is InChI=1S/C12H9N3O2S/c1-17-12(16)9-6-14-11(15-9)7-4-10-8(13-5-7)2-3-18-10/h2-6H,1H3,(H,14,15). The normalized spacial score (nSPS) is 10.7. The molecule has 0 aliphatic carbocycles. The van der Waals surface area contributed by atoms with Crippen molar-refractivity contribution < 1.29 is 9.53 Å². The number of thiophene rings is 1. The van der Waals surface area contributed by atoms with E-state index in [1.54, 1.807) is 17.5 Å². The summed E-state index contributed by atoms with van der Waals surface area (Å²) in [6, 6.07) is 3.96. The molecule has 0 atom stereocenters. The van der Waals surface area contributed by atoms with Gasteiger partial charge in [0.05, 0.1) is 23.5 Å². The van der Waals surface area contributed by atoms with E-state index in [0.29, 0.717) is 11.5 Å². The van der Waals surface area contributed by atoms with Gasteiger partial charge in [-0.25, -0.2) is 9.78 Å². The van der Waals surface area contributed by atoms with Crippen molar-refractivity contribution >= 4 is 27.5 Å². The summed E-state index contributed by atoms with van der Waals surface area (Å²) in [5.41, 5.74) is 2.14. The zero-order valence-electron chi connectivity index (χ0n) is 9.51. The molecule has 3 rings (SSSR count). The highest BCUT2D eigenvalue weighted by atomic mass is 32.1. The molecule has 0 saturated heterocycles. The number of pyridine rings is 1. The van der Waals surface area contributed by atoms with E-state index in [0.717, 1.165) is 15.8 Å². The lowest BCUT2D eigenvalue weighted by atomic mass is 10.2. The second kappa shape index (κ2) is 4.23. The van der Waals surface area contributed by atoms with Gasteiger partial charge in [0.2, 0.25) is 0 Å². The summed E-state index contributed by atoms with van der Waals surface area (Å²) in [6.45, 7) is 0. The first kappa shape index (κ1) is 10.9. The molecule has 0 aliphatic rings. The highest BCUT2D eigenvalue weighted by Gasteiger charge is 2.11. The Labute approximate surface area is 106 Å². The van der Waals surface area contributed by atoms with Gasteiger partial charge >= 0.3 is 5.97 Å². The van der Waals surface area contributed by atoms with Crippen molar-refractivity contribution in [3.8, 4) is 11.4 Å². The lowest BCUT2D eigenvalue weighted by Gasteiger charge is -1.97. The quantitative estimate of drug-likeness (QED) is 0.718. The van der Waals surface area contributed by atoms with Crippen molar-refractivity contribution in [3.05, 3.63) is 35.6 Å². The Morgan fingerprint density at radius 2 is 2.28 bits per heavy atom. The van der Waals surface area contributed by atoms with Crippen molar-refractivity contribution in [2.75, 3.05) is 7.11 Å². The number of nitrogens with one attached hydrogen (secondary N) is 1. The topological polar surface area (TPSA) is 67.9 Å². The number of aromatic amines is 1. The van der Waals surface area contributed by atoms with Gasteiger partial charge in [-0.2, -0.15) is 0 Å². The Bertz CT molecular complexity index is 717. The van der Waals surface area contributed by atoms with Crippen LogP contribution in [0.5, 0.6) is 0 Å². The third kappa shape index (κ3) is 1.76. The molecule has 3 aromatic heterocycles. The number of H-pyrrole nitrogens is 1.